The Morgan fingerprint density at radius 3 is 2.81 bits per heavy atom. The molecule has 0 unspecified atom stereocenters. The van der Waals surface area contributed by atoms with E-state index in [1.54, 1.807) is 17.9 Å². The fourth-order valence-electron chi connectivity index (χ4n) is 2.02. The zero-order valence-electron chi connectivity index (χ0n) is 11.2. The van der Waals surface area contributed by atoms with Crippen LogP contribution in [0.1, 0.15) is 10.5 Å². The number of aromatic nitrogens is 2. The summed E-state index contributed by atoms with van der Waals surface area (Å²) in [4.78, 5) is 12.1. The van der Waals surface area contributed by atoms with E-state index in [2.05, 4.69) is 5.10 Å². The van der Waals surface area contributed by atoms with Gasteiger partial charge in [-0.1, -0.05) is 12.1 Å². The SMILES string of the molecule is COc1cccc(-n2nc(C(=O)O)cc2-c2cccs2)c1. The summed E-state index contributed by atoms with van der Waals surface area (Å²) in [6.45, 7) is 0. The van der Waals surface area contributed by atoms with Crippen molar-refractivity contribution in [2.45, 2.75) is 0 Å². The number of ether oxygens (including phenoxy) is 1. The molecule has 0 aliphatic heterocycles. The first kappa shape index (κ1) is 13.4. The third-order valence-electron chi connectivity index (χ3n) is 3.00. The summed E-state index contributed by atoms with van der Waals surface area (Å²) in [5, 5.41) is 15.3. The predicted octanol–water partition coefficient (Wildman–Crippen LogP) is 3.31. The standard InChI is InChI=1S/C15H12N2O3S/c1-20-11-5-2-4-10(8-11)17-13(14-6-3-7-21-14)9-12(16-17)15(18)19/h2-9H,1H3,(H,18,19). The summed E-state index contributed by atoms with van der Waals surface area (Å²) in [6, 6.07) is 12.8. The molecule has 0 fully saturated rings. The fraction of sp³-hybridized carbons (Fsp3) is 0.0667. The highest BCUT2D eigenvalue weighted by Crippen LogP contribution is 2.29. The lowest BCUT2D eigenvalue weighted by Gasteiger charge is -2.07. The van der Waals surface area contributed by atoms with Crippen molar-refractivity contribution < 1.29 is 14.6 Å². The number of hydrogen-bond donors (Lipinski definition) is 1. The fourth-order valence-corrected chi connectivity index (χ4v) is 2.75. The van der Waals surface area contributed by atoms with Gasteiger partial charge < -0.3 is 9.84 Å². The molecule has 0 saturated carbocycles. The summed E-state index contributed by atoms with van der Waals surface area (Å²) < 4.78 is 6.83. The lowest BCUT2D eigenvalue weighted by molar-refractivity contribution is 0.0690. The number of thiophene rings is 1. The van der Waals surface area contributed by atoms with E-state index < -0.39 is 5.97 Å². The van der Waals surface area contributed by atoms with Crippen molar-refractivity contribution in [2.75, 3.05) is 7.11 Å². The van der Waals surface area contributed by atoms with Crippen LogP contribution in [0.2, 0.25) is 0 Å². The molecular formula is C15H12N2O3S. The van der Waals surface area contributed by atoms with Gasteiger partial charge in [-0.15, -0.1) is 11.3 Å². The molecule has 2 aromatic heterocycles. The summed E-state index contributed by atoms with van der Waals surface area (Å²) >= 11 is 1.53. The number of aromatic carboxylic acids is 1. The molecule has 0 aliphatic carbocycles. The predicted molar refractivity (Wildman–Crippen MR) is 80.4 cm³/mol. The zero-order chi connectivity index (χ0) is 14.8. The summed E-state index contributed by atoms with van der Waals surface area (Å²) in [5.74, 6) is -0.355. The summed E-state index contributed by atoms with van der Waals surface area (Å²) in [6.07, 6.45) is 0. The number of methoxy groups -OCH3 is 1. The second kappa shape index (κ2) is 5.41. The van der Waals surface area contributed by atoms with Crippen molar-refractivity contribution in [1.29, 1.82) is 0 Å². The summed E-state index contributed by atoms with van der Waals surface area (Å²) in [5.41, 5.74) is 1.52. The maximum atomic E-state index is 11.2. The molecule has 0 radical (unpaired) electrons. The van der Waals surface area contributed by atoms with E-state index in [0.717, 1.165) is 16.3 Å². The molecule has 0 atom stereocenters. The quantitative estimate of drug-likeness (QED) is 0.803. The molecule has 3 aromatic rings. The Bertz CT molecular complexity index is 778. The van der Waals surface area contributed by atoms with Crippen molar-refractivity contribution >= 4 is 17.3 Å². The van der Waals surface area contributed by atoms with Crippen molar-refractivity contribution in [2.24, 2.45) is 0 Å². The van der Waals surface area contributed by atoms with E-state index in [1.807, 2.05) is 41.8 Å². The van der Waals surface area contributed by atoms with Crippen LogP contribution in [0, 0.1) is 0 Å². The first-order valence-corrected chi connectivity index (χ1v) is 7.08. The van der Waals surface area contributed by atoms with Crippen LogP contribution in [0.5, 0.6) is 5.75 Å². The molecule has 5 nitrogen and oxygen atoms in total. The number of hydrogen-bond acceptors (Lipinski definition) is 4. The third-order valence-corrected chi connectivity index (χ3v) is 3.89. The lowest BCUT2D eigenvalue weighted by atomic mass is 10.2. The van der Waals surface area contributed by atoms with E-state index >= 15 is 0 Å². The van der Waals surface area contributed by atoms with E-state index in [9.17, 15) is 9.90 Å². The molecule has 106 valence electrons. The molecule has 1 aromatic carbocycles. The van der Waals surface area contributed by atoms with Gasteiger partial charge in [-0.25, -0.2) is 9.48 Å². The van der Waals surface area contributed by atoms with E-state index in [-0.39, 0.29) is 5.69 Å². The molecule has 1 N–H and O–H groups in total. The van der Waals surface area contributed by atoms with Crippen molar-refractivity contribution in [3.8, 4) is 22.0 Å². The van der Waals surface area contributed by atoms with Gasteiger partial charge in [0.05, 0.1) is 23.4 Å². The first-order chi connectivity index (χ1) is 10.2. The second-order valence-corrected chi connectivity index (χ2v) is 5.26. The Morgan fingerprint density at radius 1 is 1.29 bits per heavy atom. The van der Waals surface area contributed by atoms with E-state index in [1.165, 1.54) is 11.3 Å². The van der Waals surface area contributed by atoms with Gasteiger partial charge in [-0.2, -0.15) is 5.10 Å². The van der Waals surface area contributed by atoms with Crippen LogP contribution in [0.3, 0.4) is 0 Å². The van der Waals surface area contributed by atoms with Gasteiger partial charge in [-0.3, -0.25) is 0 Å². The molecule has 2 heterocycles. The Hall–Kier alpha value is -2.60. The first-order valence-electron chi connectivity index (χ1n) is 6.20. The van der Waals surface area contributed by atoms with Crippen LogP contribution >= 0.6 is 11.3 Å². The molecule has 0 aliphatic rings. The largest absolute Gasteiger partial charge is 0.497 e. The lowest BCUT2D eigenvalue weighted by Crippen LogP contribution is -2.02. The molecule has 21 heavy (non-hydrogen) atoms. The van der Waals surface area contributed by atoms with Crippen LogP contribution in [-0.2, 0) is 0 Å². The normalized spacial score (nSPS) is 10.5. The van der Waals surface area contributed by atoms with E-state index in [0.29, 0.717) is 5.75 Å². The van der Waals surface area contributed by atoms with E-state index in [4.69, 9.17) is 4.74 Å². The average Bonchev–Trinajstić information content (AvgIpc) is 3.16. The number of rotatable bonds is 4. The Balaban J connectivity index is 2.18. The van der Waals surface area contributed by atoms with Crippen LogP contribution < -0.4 is 4.74 Å². The van der Waals surface area contributed by atoms with Crippen molar-refractivity contribution in [3.63, 3.8) is 0 Å². The zero-order valence-corrected chi connectivity index (χ0v) is 12.0. The van der Waals surface area contributed by atoms with Gasteiger partial charge in [0.25, 0.3) is 0 Å². The number of benzene rings is 1. The van der Waals surface area contributed by atoms with Crippen LogP contribution in [-0.4, -0.2) is 28.0 Å². The molecule has 3 rings (SSSR count). The number of carbonyl (C=O) groups is 1. The van der Waals surface area contributed by atoms with Crippen molar-refractivity contribution in [3.05, 3.63) is 53.5 Å². The number of carboxylic acid groups (broad SMARTS) is 1. The minimum absolute atomic E-state index is 0.0150. The maximum Gasteiger partial charge on any atom is 0.356 e. The Kier molecular flexibility index (Phi) is 3.45. The minimum Gasteiger partial charge on any atom is -0.497 e. The molecule has 0 bridgehead atoms. The maximum absolute atomic E-state index is 11.2. The molecule has 0 spiro atoms. The number of carboxylic acids is 1. The van der Waals surface area contributed by atoms with Crippen LogP contribution in [0.15, 0.2) is 47.8 Å². The van der Waals surface area contributed by atoms with Crippen molar-refractivity contribution in [1.82, 2.24) is 9.78 Å². The van der Waals surface area contributed by atoms with Gasteiger partial charge in [0, 0.05) is 12.1 Å². The number of nitrogens with zero attached hydrogens (tertiary/aromatic N) is 2. The van der Waals surface area contributed by atoms with Gasteiger partial charge in [0.15, 0.2) is 5.69 Å². The highest BCUT2D eigenvalue weighted by atomic mass is 32.1. The smallest absolute Gasteiger partial charge is 0.356 e. The van der Waals surface area contributed by atoms with Gasteiger partial charge in [0.1, 0.15) is 5.75 Å². The highest BCUT2D eigenvalue weighted by Gasteiger charge is 2.16. The minimum atomic E-state index is -1.05. The molecule has 0 amide bonds. The topological polar surface area (TPSA) is 64.4 Å². The monoisotopic (exact) mass is 300 g/mol. The van der Waals surface area contributed by atoms with Gasteiger partial charge >= 0.3 is 5.97 Å². The van der Waals surface area contributed by atoms with Gasteiger partial charge in [0.2, 0.25) is 0 Å². The average molecular weight is 300 g/mol. The Labute approximate surface area is 125 Å². The molecule has 0 saturated heterocycles. The second-order valence-electron chi connectivity index (χ2n) is 4.31. The van der Waals surface area contributed by atoms with Crippen LogP contribution in [0.4, 0.5) is 0 Å². The highest BCUT2D eigenvalue weighted by molar-refractivity contribution is 7.13. The molecule has 6 heteroatoms. The third kappa shape index (κ3) is 2.53. The Morgan fingerprint density at radius 2 is 2.14 bits per heavy atom. The summed E-state index contributed by atoms with van der Waals surface area (Å²) in [7, 11) is 1.59. The van der Waals surface area contributed by atoms with Gasteiger partial charge in [-0.05, 0) is 23.6 Å². The molecular weight excluding hydrogens is 288 g/mol. The van der Waals surface area contributed by atoms with Crippen LogP contribution in [0.25, 0.3) is 16.3 Å².